The molecule has 5 heteroatoms. The summed E-state index contributed by atoms with van der Waals surface area (Å²) in [5, 5.41) is 5.95. The molecule has 37 heavy (non-hydrogen) atoms. The zero-order chi connectivity index (χ0) is 24.2. The van der Waals surface area contributed by atoms with Crippen LogP contribution in [0.1, 0.15) is 27.7 Å². The largest absolute Gasteiger partial charge is 2.00 e. The van der Waals surface area contributed by atoms with Crippen LogP contribution in [0.25, 0.3) is 0 Å². The van der Waals surface area contributed by atoms with Crippen LogP contribution in [0.5, 0.6) is 0 Å². The summed E-state index contributed by atoms with van der Waals surface area (Å²) < 4.78 is 0. The van der Waals surface area contributed by atoms with Crippen molar-refractivity contribution >= 4 is 37.1 Å². The van der Waals surface area contributed by atoms with Gasteiger partial charge in [0.25, 0.3) is 0 Å². The Morgan fingerprint density at radius 2 is 0.595 bits per heavy atom. The molecule has 0 fully saturated rings. The maximum atomic E-state index is 2.31. The molecule has 4 rings (SSSR count). The molecule has 0 N–H and O–H groups in total. The molecular formula is C32H38Cl2CoP2. The molecule has 199 valence electrons. The van der Waals surface area contributed by atoms with Crippen molar-refractivity contribution in [3.05, 3.63) is 121 Å². The summed E-state index contributed by atoms with van der Waals surface area (Å²) in [7, 11) is -0.381. The van der Waals surface area contributed by atoms with E-state index in [0.717, 1.165) is 11.8 Å². The van der Waals surface area contributed by atoms with Gasteiger partial charge in [-0.3, -0.25) is 0 Å². The van der Waals surface area contributed by atoms with Crippen LogP contribution in [-0.2, 0) is 16.8 Å². The minimum absolute atomic E-state index is 0. The minimum atomic E-state index is -0.190. The van der Waals surface area contributed by atoms with Gasteiger partial charge in [0.15, 0.2) is 0 Å². The van der Waals surface area contributed by atoms with Gasteiger partial charge in [-0.15, -0.1) is 0 Å². The summed E-state index contributed by atoms with van der Waals surface area (Å²) in [5.41, 5.74) is 0. The fourth-order valence-corrected chi connectivity index (χ4v) is 8.91. The number of hydrogen-bond donors (Lipinski definition) is 0. The predicted octanol–water partition coefficient (Wildman–Crippen LogP) is 1.56. The zero-order valence-electron chi connectivity index (χ0n) is 22.1. The van der Waals surface area contributed by atoms with Gasteiger partial charge in [0.2, 0.25) is 0 Å². The smallest absolute Gasteiger partial charge is 1.00 e. The summed E-state index contributed by atoms with van der Waals surface area (Å²) in [6.07, 6.45) is 2.53. The summed E-state index contributed by atoms with van der Waals surface area (Å²) in [6.45, 7) is 9.23. The first-order valence-electron chi connectivity index (χ1n) is 12.3. The molecule has 0 aromatic heterocycles. The van der Waals surface area contributed by atoms with Crippen LogP contribution in [-0.4, -0.2) is 12.3 Å². The fraction of sp³-hybridized carbons (Fsp3) is 0.250. The van der Waals surface area contributed by atoms with E-state index in [1.807, 2.05) is 0 Å². The van der Waals surface area contributed by atoms with Crippen LogP contribution in [0, 0.1) is 11.8 Å². The monoisotopic (exact) mass is 613 g/mol. The van der Waals surface area contributed by atoms with Crippen LogP contribution < -0.4 is 46.0 Å². The third-order valence-electron chi connectivity index (χ3n) is 5.37. The molecule has 0 aliphatic heterocycles. The third-order valence-corrected chi connectivity index (χ3v) is 11.2. The van der Waals surface area contributed by atoms with Crippen molar-refractivity contribution in [3.63, 3.8) is 0 Å². The average Bonchev–Trinajstić information content (AvgIpc) is 2.88. The second-order valence-electron chi connectivity index (χ2n) is 9.35. The van der Waals surface area contributed by atoms with Crippen molar-refractivity contribution in [1.29, 1.82) is 0 Å². The quantitative estimate of drug-likeness (QED) is 0.265. The summed E-state index contributed by atoms with van der Waals surface area (Å²) in [4.78, 5) is 0. The van der Waals surface area contributed by atoms with E-state index in [-0.39, 0.29) is 57.4 Å². The Morgan fingerprint density at radius 3 is 0.757 bits per heavy atom. The van der Waals surface area contributed by atoms with E-state index < -0.39 is 0 Å². The molecule has 4 aromatic rings. The van der Waals surface area contributed by atoms with Gasteiger partial charge in [-0.05, 0) is 61.2 Å². The fourth-order valence-electron chi connectivity index (χ4n) is 3.88. The van der Waals surface area contributed by atoms with E-state index in [1.165, 1.54) is 33.5 Å². The molecule has 0 aliphatic rings. The Labute approximate surface area is 250 Å². The van der Waals surface area contributed by atoms with E-state index >= 15 is 0 Å². The van der Waals surface area contributed by atoms with Gasteiger partial charge in [0.1, 0.15) is 0 Å². The first-order valence-corrected chi connectivity index (χ1v) is 15.3. The minimum Gasteiger partial charge on any atom is -1.00 e. The second kappa shape index (κ2) is 19.8. The molecule has 1 radical (unpaired) electrons. The topological polar surface area (TPSA) is 0 Å². The third kappa shape index (κ3) is 12.5. The zero-order valence-corrected chi connectivity index (χ0v) is 26.4. The van der Waals surface area contributed by atoms with Gasteiger partial charge in [-0.1, -0.05) is 149 Å². The first-order chi connectivity index (χ1) is 16.5. The second-order valence-corrected chi connectivity index (χ2v) is 13.9. The van der Waals surface area contributed by atoms with E-state index in [9.17, 15) is 0 Å². The summed E-state index contributed by atoms with van der Waals surface area (Å²) >= 11 is 0. The van der Waals surface area contributed by atoms with Crippen molar-refractivity contribution in [2.75, 3.05) is 12.3 Å². The molecule has 0 spiro atoms. The number of benzene rings is 4. The van der Waals surface area contributed by atoms with E-state index in [4.69, 9.17) is 0 Å². The van der Waals surface area contributed by atoms with Gasteiger partial charge in [-0.2, -0.15) is 0 Å². The predicted molar refractivity (Wildman–Crippen MR) is 158 cm³/mol. The van der Waals surface area contributed by atoms with Gasteiger partial charge < -0.3 is 24.8 Å². The standard InChI is InChI=1S/2C16H19P.2ClH.Co/c2*1-14(2)13-17(15-9-5-3-6-10-15)16-11-7-4-8-12-16;;;/h2*3-12,14H,13H2,1-2H3;2*1H;/q;;;;+2/p-2. The number of hydrogen-bond acceptors (Lipinski definition) is 0. The van der Waals surface area contributed by atoms with Crippen molar-refractivity contribution in [2.45, 2.75) is 27.7 Å². The Kier molecular flexibility index (Phi) is 19.2. The molecule has 0 bridgehead atoms. The van der Waals surface area contributed by atoms with Crippen LogP contribution in [0.15, 0.2) is 121 Å². The molecule has 0 heterocycles. The van der Waals surface area contributed by atoms with Gasteiger partial charge in [0, 0.05) is 0 Å². The van der Waals surface area contributed by atoms with Crippen molar-refractivity contribution in [3.8, 4) is 0 Å². The molecule has 0 unspecified atom stereocenters. The number of halogens is 2. The molecule has 0 amide bonds. The van der Waals surface area contributed by atoms with Gasteiger partial charge in [-0.25, -0.2) is 0 Å². The molecule has 0 saturated heterocycles. The average molecular weight is 614 g/mol. The summed E-state index contributed by atoms with van der Waals surface area (Å²) in [5.74, 6) is 1.48. The molecule has 4 aromatic carbocycles. The Bertz CT molecular complexity index is 895. The Morgan fingerprint density at radius 1 is 0.405 bits per heavy atom. The van der Waals surface area contributed by atoms with E-state index in [1.54, 1.807) is 0 Å². The van der Waals surface area contributed by atoms with Crippen molar-refractivity contribution < 1.29 is 41.6 Å². The van der Waals surface area contributed by atoms with Gasteiger partial charge in [0.05, 0.1) is 0 Å². The van der Waals surface area contributed by atoms with Crippen molar-refractivity contribution in [1.82, 2.24) is 0 Å². The SMILES string of the molecule is CC(C)CP(c1ccccc1)c1ccccc1.CC(C)CP(c1ccccc1)c1ccccc1.[Cl-].[Cl-].[Co+2]. The van der Waals surface area contributed by atoms with Crippen LogP contribution in [0.2, 0.25) is 0 Å². The molecule has 0 saturated carbocycles. The molecular weight excluding hydrogens is 576 g/mol. The van der Waals surface area contributed by atoms with E-state index in [2.05, 4.69) is 149 Å². The first kappa shape index (κ1) is 35.8. The number of rotatable bonds is 8. The Balaban J connectivity index is 0.000000648. The maximum Gasteiger partial charge on any atom is 2.00 e. The van der Waals surface area contributed by atoms with Crippen LogP contribution in [0.3, 0.4) is 0 Å². The Hall–Kier alpha value is -1.17. The van der Waals surface area contributed by atoms with Crippen LogP contribution in [0.4, 0.5) is 0 Å². The summed E-state index contributed by atoms with van der Waals surface area (Å²) in [6, 6.07) is 43.7. The normalized spacial score (nSPS) is 10.2. The molecule has 0 atom stereocenters. The van der Waals surface area contributed by atoms with E-state index in [0.29, 0.717) is 0 Å². The van der Waals surface area contributed by atoms with Crippen molar-refractivity contribution in [2.24, 2.45) is 11.8 Å². The molecule has 0 nitrogen and oxygen atoms in total. The maximum absolute atomic E-state index is 2.31. The van der Waals surface area contributed by atoms with Crippen LogP contribution >= 0.6 is 15.8 Å². The van der Waals surface area contributed by atoms with Gasteiger partial charge >= 0.3 is 16.8 Å². The molecule has 0 aliphatic carbocycles.